The molecule has 2 unspecified atom stereocenters. The normalized spacial score (nSPS) is 25.9. The summed E-state index contributed by atoms with van der Waals surface area (Å²) in [6, 6.07) is 5.10. The van der Waals surface area contributed by atoms with Crippen LogP contribution in [0.3, 0.4) is 0 Å². The molecule has 0 aliphatic heterocycles. The molecular formula is C12H19NS2. The summed E-state index contributed by atoms with van der Waals surface area (Å²) in [6.45, 7) is 3.32. The quantitative estimate of drug-likeness (QED) is 0.846. The number of hydrogen-bond acceptors (Lipinski definition) is 3. The molecule has 1 nitrogen and oxygen atoms in total. The van der Waals surface area contributed by atoms with Crippen LogP contribution in [0.1, 0.15) is 31.1 Å². The molecule has 2 rings (SSSR count). The van der Waals surface area contributed by atoms with Gasteiger partial charge in [-0.1, -0.05) is 19.4 Å². The molecule has 1 heterocycles. The molecule has 0 radical (unpaired) electrons. The maximum atomic E-state index is 3.71. The fourth-order valence-corrected chi connectivity index (χ4v) is 4.10. The highest BCUT2D eigenvalue weighted by atomic mass is 32.2. The van der Waals surface area contributed by atoms with E-state index in [1.807, 2.05) is 11.3 Å². The topological polar surface area (TPSA) is 12.0 Å². The highest BCUT2D eigenvalue weighted by Gasteiger charge is 2.26. The molecule has 0 saturated heterocycles. The second-order valence-electron chi connectivity index (χ2n) is 3.99. The lowest BCUT2D eigenvalue weighted by atomic mass is 10.2. The van der Waals surface area contributed by atoms with E-state index in [9.17, 15) is 0 Å². The van der Waals surface area contributed by atoms with E-state index in [1.165, 1.54) is 29.9 Å². The van der Waals surface area contributed by atoms with E-state index in [-0.39, 0.29) is 0 Å². The summed E-state index contributed by atoms with van der Waals surface area (Å²) in [7, 11) is 0. The Morgan fingerprint density at radius 2 is 2.47 bits per heavy atom. The van der Waals surface area contributed by atoms with E-state index < -0.39 is 0 Å². The Morgan fingerprint density at radius 3 is 3.20 bits per heavy atom. The molecule has 1 saturated carbocycles. The first-order chi connectivity index (χ1) is 7.40. The van der Waals surface area contributed by atoms with Gasteiger partial charge in [0.2, 0.25) is 0 Å². The van der Waals surface area contributed by atoms with Crippen LogP contribution < -0.4 is 5.32 Å². The van der Waals surface area contributed by atoms with Gasteiger partial charge in [-0.05, 0) is 30.0 Å². The van der Waals surface area contributed by atoms with Gasteiger partial charge in [-0.3, -0.25) is 0 Å². The molecular weight excluding hydrogens is 222 g/mol. The average Bonchev–Trinajstić information content (AvgIpc) is 2.85. The third-order valence-electron chi connectivity index (χ3n) is 2.95. The van der Waals surface area contributed by atoms with E-state index in [0.717, 1.165) is 17.8 Å². The molecule has 0 spiro atoms. The third-order valence-corrected chi connectivity index (χ3v) is 5.15. The summed E-state index contributed by atoms with van der Waals surface area (Å²) in [5.74, 6) is 1.25. The van der Waals surface area contributed by atoms with Gasteiger partial charge in [0.25, 0.3) is 0 Å². The number of rotatable bonds is 5. The Bertz CT molecular complexity index is 271. The Labute approximate surface area is 101 Å². The van der Waals surface area contributed by atoms with E-state index in [1.54, 1.807) is 0 Å². The van der Waals surface area contributed by atoms with Crippen LogP contribution in [0.2, 0.25) is 0 Å². The number of hydrogen-bond donors (Lipinski definition) is 1. The maximum Gasteiger partial charge on any atom is 0.0302 e. The van der Waals surface area contributed by atoms with Crippen LogP contribution in [0.15, 0.2) is 17.5 Å². The van der Waals surface area contributed by atoms with Crippen molar-refractivity contribution in [3.8, 4) is 0 Å². The predicted octanol–water partition coefficient (Wildman–Crippen LogP) is 3.51. The zero-order chi connectivity index (χ0) is 10.5. The SMILES string of the molecule is CCSC1CCCC1NCc1cccs1. The van der Waals surface area contributed by atoms with E-state index >= 15 is 0 Å². The molecule has 3 heteroatoms. The molecule has 1 aliphatic rings. The van der Waals surface area contributed by atoms with Crippen LogP contribution in [0.5, 0.6) is 0 Å². The van der Waals surface area contributed by atoms with Crippen molar-refractivity contribution in [3.05, 3.63) is 22.4 Å². The van der Waals surface area contributed by atoms with Crippen LogP contribution >= 0.6 is 23.1 Å². The van der Waals surface area contributed by atoms with Crippen LogP contribution in [-0.4, -0.2) is 17.0 Å². The van der Waals surface area contributed by atoms with Crippen LogP contribution in [0.4, 0.5) is 0 Å². The van der Waals surface area contributed by atoms with Gasteiger partial charge in [-0.2, -0.15) is 11.8 Å². The first kappa shape index (κ1) is 11.5. The molecule has 1 aromatic heterocycles. The molecule has 1 aromatic rings. The summed E-state index contributed by atoms with van der Waals surface area (Å²) in [5.41, 5.74) is 0. The maximum absolute atomic E-state index is 3.71. The minimum atomic E-state index is 0.747. The summed E-state index contributed by atoms with van der Waals surface area (Å²) < 4.78 is 0. The van der Waals surface area contributed by atoms with Crippen molar-refractivity contribution in [3.63, 3.8) is 0 Å². The van der Waals surface area contributed by atoms with Crippen molar-refractivity contribution in [2.24, 2.45) is 0 Å². The minimum absolute atomic E-state index is 0.747. The lowest BCUT2D eigenvalue weighted by Gasteiger charge is -2.19. The molecule has 1 N–H and O–H groups in total. The van der Waals surface area contributed by atoms with Crippen LogP contribution in [0.25, 0.3) is 0 Å². The van der Waals surface area contributed by atoms with Gasteiger partial charge < -0.3 is 5.32 Å². The summed E-state index contributed by atoms with van der Waals surface area (Å²) in [6.07, 6.45) is 4.17. The largest absolute Gasteiger partial charge is 0.308 e. The molecule has 1 aliphatic carbocycles. The fraction of sp³-hybridized carbons (Fsp3) is 0.667. The van der Waals surface area contributed by atoms with Crippen molar-refractivity contribution in [1.29, 1.82) is 0 Å². The predicted molar refractivity (Wildman–Crippen MR) is 70.7 cm³/mol. The average molecular weight is 241 g/mol. The van der Waals surface area contributed by atoms with Crippen molar-refractivity contribution in [2.45, 2.75) is 44.0 Å². The van der Waals surface area contributed by atoms with Crippen molar-refractivity contribution in [2.75, 3.05) is 5.75 Å². The zero-order valence-corrected chi connectivity index (χ0v) is 10.9. The Hall–Kier alpha value is 0.01000. The van der Waals surface area contributed by atoms with Crippen LogP contribution in [0, 0.1) is 0 Å². The van der Waals surface area contributed by atoms with Crippen LogP contribution in [-0.2, 0) is 6.54 Å². The molecule has 0 aromatic carbocycles. The Morgan fingerprint density at radius 1 is 1.53 bits per heavy atom. The van der Waals surface area contributed by atoms with Gasteiger partial charge in [0.1, 0.15) is 0 Å². The number of nitrogens with one attached hydrogen (secondary N) is 1. The van der Waals surface area contributed by atoms with E-state index in [0.29, 0.717) is 0 Å². The van der Waals surface area contributed by atoms with Gasteiger partial charge in [-0.25, -0.2) is 0 Å². The first-order valence-corrected chi connectivity index (χ1v) is 7.70. The third kappa shape index (κ3) is 3.23. The number of thiophene rings is 1. The summed E-state index contributed by atoms with van der Waals surface area (Å²) >= 11 is 3.98. The second kappa shape index (κ2) is 5.92. The zero-order valence-electron chi connectivity index (χ0n) is 9.24. The molecule has 0 bridgehead atoms. The van der Waals surface area contributed by atoms with Gasteiger partial charge >= 0.3 is 0 Å². The Kier molecular flexibility index (Phi) is 4.54. The Balaban J connectivity index is 1.78. The van der Waals surface area contributed by atoms with Gasteiger partial charge in [0.15, 0.2) is 0 Å². The lowest BCUT2D eigenvalue weighted by molar-refractivity contribution is 0.535. The van der Waals surface area contributed by atoms with Crippen molar-refractivity contribution in [1.82, 2.24) is 5.32 Å². The standard InChI is InChI=1S/C12H19NS2/c1-2-14-12-7-3-6-11(12)13-9-10-5-4-8-15-10/h4-5,8,11-13H,2-3,6-7,9H2,1H3. The molecule has 2 atom stereocenters. The summed E-state index contributed by atoms with van der Waals surface area (Å²) in [4.78, 5) is 1.46. The van der Waals surface area contributed by atoms with E-state index in [2.05, 4.69) is 41.5 Å². The fourth-order valence-electron chi connectivity index (χ4n) is 2.22. The molecule has 0 amide bonds. The lowest BCUT2D eigenvalue weighted by Crippen LogP contribution is -2.33. The smallest absolute Gasteiger partial charge is 0.0302 e. The van der Waals surface area contributed by atoms with Crippen molar-refractivity contribution >= 4 is 23.1 Å². The molecule has 15 heavy (non-hydrogen) atoms. The minimum Gasteiger partial charge on any atom is -0.308 e. The second-order valence-corrected chi connectivity index (χ2v) is 6.54. The van der Waals surface area contributed by atoms with Gasteiger partial charge in [-0.15, -0.1) is 11.3 Å². The van der Waals surface area contributed by atoms with E-state index in [4.69, 9.17) is 0 Å². The summed E-state index contributed by atoms with van der Waals surface area (Å²) in [5, 5.41) is 6.72. The highest BCUT2D eigenvalue weighted by Crippen LogP contribution is 2.30. The van der Waals surface area contributed by atoms with Gasteiger partial charge in [0, 0.05) is 22.7 Å². The highest BCUT2D eigenvalue weighted by molar-refractivity contribution is 7.99. The van der Waals surface area contributed by atoms with Crippen molar-refractivity contribution < 1.29 is 0 Å². The van der Waals surface area contributed by atoms with Gasteiger partial charge in [0.05, 0.1) is 0 Å². The molecule has 84 valence electrons. The monoisotopic (exact) mass is 241 g/mol. The number of thioether (sulfide) groups is 1. The first-order valence-electron chi connectivity index (χ1n) is 5.77. The molecule has 1 fully saturated rings.